The molecule has 0 aliphatic heterocycles. The molecule has 1 aromatic rings. The molecule has 1 heterocycles. The molecule has 0 unspecified atom stereocenters. The first kappa shape index (κ1) is 13.2. The molecule has 16 heavy (non-hydrogen) atoms. The number of nitrogens with two attached hydrogens (primary N) is 1. The zero-order chi connectivity index (χ0) is 12.1. The molecule has 0 fully saturated rings. The Morgan fingerprint density at radius 2 is 2.19 bits per heavy atom. The molecule has 1 rings (SSSR count). The molecule has 0 aliphatic carbocycles. The number of nitrogens with zero attached hydrogens (tertiary/aromatic N) is 2. The SMILES string of the molecule is Cc1nn(C)c(Cl)c1CC(=O)CCCCN. The van der Waals surface area contributed by atoms with E-state index < -0.39 is 0 Å². The van der Waals surface area contributed by atoms with Crippen LogP contribution in [0.4, 0.5) is 0 Å². The highest BCUT2D eigenvalue weighted by Gasteiger charge is 2.14. The van der Waals surface area contributed by atoms with E-state index in [1.807, 2.05) is 6.92 Å². The van der Waals surface area contributed by atoms with Crippen LogP contribution in [-0.2, 0) is 18.3 Å². The Morgan fingerprint density at radius 1 is 1.50 bits per heavy atom. The lowest BCUT2D eigenvalue weighted by atomic mass is 10.1. The number of aryl methyl sites for hydroxylation is 2. The van der Waals surface area contributed by atoms with Gasteiger partial charge >= 0.3 is 0 Å². The monoisotopic (exact) mass is 243 g/mol. The van der Waals surface area contributed by atoms with Gasteiger partial charge in [-0.25, -0.2) is 0 Å². The molecular weight excluding hydrogens is 226 g/mol. The van der Waals surface area contributed by atoms with E-state index in [0.717, 1.165) is 24.1 Å². The van der Waals surface area contributed by atoms with E-state index in [4.69, 9.17) is 17.3 Å². The van der Waals surface area contributed by atoms with Crippen molar-refractivity contribution >= 4 is 17.4 Å². The number of Topliss-reactive ketones (excluding diaryl/α,β-unsaturated/α-hetero) is 1. The van der Waals surface area contributed by atoms with Gasteiger partial charge in [-0.2, -0.15) is 5.10 Å². The van der Waals surface area contributed by atoms with E-state index in [9.17, 15) is 4.79 Å². The van der Waals surface area contributed by atoms with Gasteiger partial charge in [0.1, 0.15) is 10.9 Å². The fourth-order valence-electron chi connectivity index (χ4n) is 1.63. The largest absolute Gasteiger partial charge is 0.330 e. The van der Waals surface area contributed by atoms with Gasteiger partial charge in [-0.15, -0.1) is 0 Å². The molecule has 0 atom stereocenters. The Labute approximate surface area is 101 Å². The van der Waals surface area contributed by atoms with Crippen molar-refractivity contribution in [1.82, 2.24) is 9.78 Å². The predicted octanol–water partition coefficient (Wildman–Crippen LogP) is 1.62. The standard InChI is InChI=1S/C11H18ClN3O/c1-8-10(11(12)15(2)14-8)7-9(16)5-3-4-6-13/h3-7,13H2,1-2H3. The predicted molar refractivity (Wildman–Crippen MR) is 64.6 cm³/mol. The van der Waals surface area contributed by atoms with Crippen molar-refractivity contribution in [1.29, 1.82) is 0 Å². The normalized spacial score (nSPS) is 10.8. The summed E-state index contributed by atoms with van der Waals surface area (Å²) in [6.07, 6.45) is 2.70. The van der Waals surface area contributed by atoms with Gasteiger partial charge in [-0.05, 0) is 26.3 Å². The van der Waals surface area contributed by atoms with Crippen LogP contribution in [0.1, 0.15) is 30.5 Å². The summed E-state index contributed by atoms with van der Waals surface area (Å²) in [5.74, 6) is 0.200. The van der Waals surface area contributed by atoms with Gasteiger partial charge < -0.3 is 5.73 Å². The molecule has 1 aromatic heterocycles. The molecule has 4 nitrogen and oxygen atoms in total. The van der Waals surface area contributed by atoms with Crippen LogP contribution >= 0.6 is 11.6 Å². The van der Waals surface area contributed by atoms with Crippen molar-refractivity contribution < 1.29 is 4.79 Å². The second-order valence-corrected chi connectivity index (χ2v) is 4.30. The van der Waals surface area contributed by atoms with Crippen LogP contribution in [0.2, 0.25) is 5.15 Å². The maximum absolute atomic E-state index is 11.7. The van der Waals surface area contributed by atoms with Crippen LogP contribution in [0.15, 0.2) is 0 Å². The highest BCUT2D eigenvalue weighted by molar-refractivity contribution is 6.30. The van der Waals surface area contributed by atoms with E-state index in [2.05, 4.69) is 5.10 Å². The van der Waals surface area contributed by atoms with Crippen molar-refractivity contribution in [2.24, 2.45) is 12.8 Å². The number of unbranched alkanes of at least 4 members (excludes halogenated alkanes) is 1. The number of hydrogen-bond acceptors (Lipinski definition) is 3. The summed E-state index contributed by atoms with van der Waals surface area (Å²) in [5.41, 5.74) is 7.06. The topological polar surface area (TPSA) is 60.9 Å². The van der Waals surface area contributed by atoms with Gasteiger partial charge in [0.15, 0.2) is 0 Å². The first-order valence-electron chi connectivity index (χ1n) is 5.46. The summed E-state index contributed by atoms with van der Waals surface area (Å²) in [6.45, 7) is 2.51. The number of halogens is 1. The number of hydrogen-bond donors (Lipinski definition) is 1. The van der Waals surface area contributed by atoms with Crippen molar-refractivity contribution in [2.45, 2.75) is 32.6 Å². The summed E-state index contributed by atoms with van der Waals surface area (Å²) in [5, 5.41) is 4.73. The fraction of sp³-hybridized carbons (Fsp3) is 0.636. The molecule has 0 aromatic carbocycles. The van der Waals surface area contributed by atoms with Gasteiger partial charge in [-0.3, -0.25) is 9.48 Å². The van der Waals surface area contributed by atoms with Gasteiger partial charge in [-0.1, -0.05) is 11.6 Å². The average molecular weight is 244 g/mol. The van der Waals surface area contributed by atoms with E-state index >= 15 is 0 Å². The minimum Gasteiger partial charge on any atom is -0.330 e. The lowest BCUT2D eigenvalue weighted by molar-refractivity contribution is -0.118. The Kier molecular flexibility index (Phi) is 4.96. The zero-order valence-corrected chi connectivity index (χ0v) is 10.5. The van der Waals surface area contributed by atoms with Crippen molar-refractivity contribution in [2.75, 3.05) is 6.54 Å². The van der Waals surface area contributed by atoms with Crippen LogP contribution in [0, 0.1) is 6.92 Å². The highest BCUT2D eigenvalue weighted by Crippen LogP contribution is 2.19. The fourth-order valence-corrected chi connectivity index (χ4v) is 1.87. The summed E-state index contributed by atoms with van der Waals surface area (Å²) < 4.78 is 1.60. The number of carbonyl (C=O) groups is 1. The highest BCUT2D eigenvalue weighted by atomic mass is 35.5. The minimum absolute atomic E-state index is 0.200. The first-order valence-corrected chi connectivity index (χ1v) is 5.83. The van der Waals surface area contributed by atoms with E-state index in [-0.39, 0.29) is 5.78 Å². The lowest BCUT2D eigenvalue weighted by Crippen LogP contribution is -2.05. The Morgan fingerprint density at radius 3 is 2.69 bits per heavy atom. The van der Waals surface area contributed by atoms with Crippen molar-refractivity contribution in [3.05, 3.63) is 16.4 Å². The van der Waals surface area contributed by atoms with Crippen LogP contribution in [0.25, 0.3) is 0 Å². The maximum Gasteiger partial charge on any atom is 0.137 e. The molecule has 0 radical (unpaired) electrons. The third-order valence-electron chi connectivity index (χ3n) is 2.55. The van der Waals surface area contributed by atoms with Crippen LogP contribution in [0.3, 0.4) is 0 Å². The van der Waals surface area contributed by atoms with Crippen LogP contribution < -0.4 is 5.73 Å². The summed E-state index contributed by atoms with van der Waals surface area (Å²) in [4.78, 5) is 11.7. The average Bonchev–Trinajstić information content (AvgIpc) is 2.46. The second kappa shape index (κ2) is 6.01. The molecule has 0 saturated heterocycles. The maximum atomic E-state index is 11.7. The smallest absolute Gasteiger partial charge is 0.137 e. The Bertz CT molecular complexity index is 374. The van der Waals surface area contributed by atoms with E-state index in [1.165, 1.54) is 0 Å². The molecule has 2 N–H and O–H groups in total. The Balaban J connectivity index is 2.56. The molecule has 90 valence electrons. The number of ketones is 1. The summed E-state index contributed by atoms with van der Waals surface area (Å²) in [7, 11) is 1.78. The molecule has 0 bridgehead atoms. The third kappa shape index (κ3) is 3.32. The minimum atomic E-state index is 0.200. The second-order valence-electron chi connectivity index (χ2n) is 3.94. The molecule has 5 heteroatoms. The molecule has 0 amide bonds. The summed E-state index contributed by atoms with van der Waals surface area (Å²) in [6, 6.07) is 0. The van der Waals surface area contributed by atoms with Gasteiger partial charge in [0, 0.05) is 25.5 Å². The molecule has 0 saturated carbocycles. The summed E-state index contributed by atoms with van der Waals surface area (Å²) >= 11 is 6.05. The van der Waals surface area contributed by atoms with Gasteiger partial charge in [0.2, 0.25) is 0 Å². The van der Waals surface area contributed by atoms with E-state index in [1.54, 1.807) is 11.7 Å². The quantitative estimate of drug-likeness (QED) is 0.773. The first-order chi connectivity index (χ1) is 7.56. The number of carbonyl (C=O) groups excluding carboxylic acids is 1. The van der Waals surface area contributed by atoms with Gasteiger partial charge in [0.25, 0.3) is 0 Å². The van der Waals surface area contributed by atoms with E-state index in [0.29, 0.717) is 24.5 Å². The number of aromatic nitrogens is 2. The number of rotatable bonds is 6. The van der Waals surface area contributed by atoms with Crippen LogP contribution in [-0.4, -0.2) is 22.1 Å². The Hall–Kier alpha value is -0.870. The zero-order valence-electron chi connectivity index (χ0n) is 9.79. The van der Waals surface area contributed by atoms with Crippen LogP contribution in [0.5, 0.6) is 0 Å². The van der Waals surface area contributed by atoms with Crippen molar-refractivity contribution in [3.8, 4) is 0 Å². The molecular formula is C11H18ClN3O. The van der Waals surface area contributed by atoms with Crippen molar-refractivity contribution in [3.63, 3.8) is 0 Å². The molecule has 0 spiro atoms. The third-order valence-corrected chi connectivity index (χ3v) is 3.03. The van der Waals surface area contributed by atoms with Gasteiger partial charge in [0.05, 0.1) is 5.69 Å². The molecule has 0 aliphatic rings. The lowest BCUT2D eigenvalue weighted by Gasteiger charge is -2.00.